The molecule has 1 spiro atoms. The minimum Gasteiger partial charge on any atom is -0.365 e. The molecule has 2 bridgehead atoms. The molecule has 5 rings (SSSR count). The third-order valence-electron chi connectivity index (χ3n) is 6.05. The van der Waals surface area contributed by atoms with Crippen molar-refractivity contribution >= 4 is 15.9 Å². The average molecular weight is 381 g/mol. The summed E-state index contributed by atoms with van der Waals surface area (Å²) < 4.78 is 38.8. The van der Waals surface area contributed by atoms with Gasteiger partial charge in [0.2, 0.25) is 10.0 Å². The van der Waals surface area contributed by atoms with Crippen LogP contribution in [0.4, 0.5) is 0 Å². The molecule has 1 saturated carbocycles. The van der Waals surface area contributed by atoms with Crippen molar-refractivity contribution in [1.82, 2.24) is 14.4 Å². The molecule has 0 aromatic carbocycles. The van der Waals surface area contributed by atoms with Crippen LogP contribution in [-0.4, -0.2) is 71.3 Å². The van der Waals surface area contributed by atoms with Gasteiger partial charge in [0.05, 0.1) is 12.6 Å². The van der Waals surface area contributed by atoms with Crippen LogP contribution in [0.15, 0.2) is 10.6 Å². The van der Waals surface area contributed by atoms with E-state index in [0.29, 0.717) is 31.1 Å². The number of morpholine rings is 1. The summed E-state index contributed by atoms with van der Waals surface area (Å²) in [5, 5.41) is 3.37. The van der Waals surface area contributed by atoms with Crippen molar-refractivity contribution < 1.29 is 22.5 Å². The highest BCUT2D eigenvalue weighted by atomic mass is 32.2. The summed E-state index contributed by atoms with van der Waals surface area (Å²) in [5.74, 6) is 0.969. The van der Waals surface area contributed by atoms with E-state index in [1.807, 2.05) is 13.8 Å². The van der Waals surface area contributed by atoms with Crippen molar-refractivity contribution in [2.24, 2.45) is 0 Å². The molecule has 0 N–H and O–H groups in total. The molecule has 3 aliphatic heterocycles. The van der Waals surface area contributed by atoms with Crippen molar-refractivity contribution in [2.75, 3.05) is 19.6 Å². The number of rotatable bonds is 3. The molecular weight excluding hydrogens is 358 g/mol. The fourth-order valence-corrected chi connectivity index (χ4v) is 7.15. The van der Waals surface area contributed by atoms with E-state index in [4.69, 9.17) is 9.26 Å². The van der Waals surface area contributed by atoms with Gasteiger partial charge in [-0.1, -0.05) is 5.16 Å². The predicted octanol–water partition coefficient (Wildman–Crippen LogP) is 0.958. The Morgan fingerprint density at radius 1 is 1.35 bits per heavy atom. The molecule has 4 heterocycles. The maximum Gasteiger partial charge on any atom is 0.276 e. The van der Waals surface area contributed by atoms with E-state index in [0.717, 1.165) is 18.6 Å². The number of fused-ring (bicyclic) bond motifs is 1. The lowest BCUT2D eigenvalue weighted by molar-refractivity contribution is -0.0989. The van der Waals surface area contributed by atoms with Gasteiger partial charge in [0, 0.05) is 31.1 Å². The molecule has 1 aromatic heterocycles. The Bertz CT molecular complexity index is 862. The maximum absolute atomic E-state index is 12.9. The van der Waals surface area contributed by atoms with Crippen LogP contribution in [0, 0.1) is 0 Å². The van der Waals surface area contributed by atoms with Gasteiger partial charge in [-0.05, 0) is 33.1 Å². The zero-order valence-corrected chi connectivity index (χ0v) is 15.7. The van der Waals surface area contributed by atoms with Crippen LogP contribution in [0.1, 0.15) is 55.3 Å². The van der Waals surface area contributed by atoms with Crippen LogP contribution in [0.5, 0.6) is 0 Å². The lowest BCUT2D eigenvalue weighted by Gasteiger charge is -2.39. The molecule has 4 fully saturated rings. The number of ether oxygens (including phenoxy) is 1. The molecule has 142 valence electrons. The summed E-state index contributed by atoms with van der Waals surface area (Å²) in [4.78, 5) is 14.6. The van der Waals surface area contributed by atoms with Gasteiger partial charge < -0.3 is 14.2 Å². The molecule has 1 amide bonds. The highest BCUT2D eigenvalue weighted by molar-refractivity contribution is 7.90. The van der Waals surface area contributed by atoms with Crippen molar-refractivity contribution in [3.8, 4) is 0 Å². The number of carbonyl (C=O) groups excluding carboxylic acids is 1. The molecule has 0 radical (unpaired) electrons. The summed E-state index contributed by atoms with van der Waals surface area (Å²) in [6.07, 6.45) is 2.37. The van der Waals surface area contributed by atoms with Gasteiger partial charge in [0.1, 0.15) is 16.6 Å². The van der Waals surface area contributed by atoms with Crippen molar-refractivity contribution in [3.05, 3.63) is 17.5 Å². The third kappa shape index (κ3) is 2.30. The van der Waals surface area contributed by atoms with E-state index in [9.17, 15) is 13.2 Å². The maximum atomic E-state index is 12.9. The van der Waals surface area contributed by atoms with Gasteiger partial charge >= 0.3 is 0 Å². The SMILES string of the molecule is CC(C)N1CC23CN(C(=O)c4cc(C5CC5)on4)C[C@@H](C[C@@H]2S1(=O)=O)O3. The summed E-state index contributed by atoms with van der Waals surface area (Å²) in [6.45, 7) is 4.73. The van der Waals surface area contributed by atoms with E-state index >= 15 is 0 Å². The van der Waals surface area contributed by atoms with Gasteiger partial charge in [-0.2, -0.15) is 4.31 Å². The normalized spacial score (nSPS) is 35.9. The Morgan fingerprint density at radius 3 is 2.81 bits per heavy atom. The molecule has 3 atom stereocenters. The topological polar surface area (TPSA) is 93.0 Å². The summed E-state index contributed by atoms with van der Waals surface area (Å²) in [7, 11) is -3.40. The first-order valence-corrected chi connectivity index (χ1v) is 10.7. The molecule has 1 unspecified atom stereocenters. The Labute approximate surface area is 152 Å². The molecule has 26 heavy (non-hydrogen) atoms. The third-order valence-corrected chi connectivity index (χ3v) is 8.59. The van der Waals surface area contributed by atoms with Gasteiger partial charge in [-0.3, -0.25) is 4.79 Å². The lowest BCUT2D eigenvalue weighted by Crippen LogP contribution is -2.56. The molecular formula is C17H23N3O5S. The number of amides is 1. The molecule has 1 aliphatic carbocycles. The second kappa shape index (κ2) is 5.30. The highest BCUT2D eigenvalue weighted by Crippen LogP contribution is 2.47. The van der Waals surface area contributed by atoms with Crippen molar-refractivity contribution in [1.29, 1.82) is 0 Å². The van der Waals surface area contributed by atoms with Crippen LogP contribution in [0.25, 0.3) is 0 Å². The van der Waals surface area contributed by atoms with E-state index in [1.54, 1.807) is 11.0 Å². The number of likely N-dealkylation sites (tertiary alicyclic amines) is 1. The van der Waals surface area contributed by atoms with E-state index in [2.05, 4.69) is 5.16 Å². The van der Waals surface area contributed by atoms with Crippen LogP contribution in [-0.2, 0) is 14.8 Å². The Hall–Kier alpha value is -1.45. The first kappa shape index (κ1) is 16.7. The smallest absolute Gasteiger partial charge is 0.276 e. The van der Waals surface area contributed by atoms with Gasteiger partial charge in [-0.25, -0.2) is 8.42 Å². The number of carbonyl (C=O) groups is 1. The second-order valence-electron chi connectivity index (χ2n) is 8.29. The van der Waals surface area contributed by atoms with Crippen LogP contribution in [0.2, 0.25) is 0 Å². The van der Waals surface area contributed by atoms with E-state index in [-0.39, 0.29) is 24.6 Å². The molecule has 4 aliphatic rings. The summed E-state index contributed by atoms with van der Waals surface area (Å²) in [6, 6.07) is 1.61. The van der Waals surface area contributed by atoms with Gasteiger partial charge in [0.15, 0.2) is 5.69 Å². The number of aromatic nitrogens is 1. The quantitative estimate of drug-likeness (QED) is 0.774. The number of nitrogens with zero attached hydrogens (tertiary/aromatic N) is 3. The van der Waals surface area contributed by atoms with Crippen LogP contribution >= 0.6 is 0 Å². The molecule has 8 nitrogen and oxygen atoms in total. The number of hydrogen-bond donors (Lipinski definition) is 0. The largest absolute Gasteiger partial charge is 0.365 e. The lowest BCUT2D eigenvalue weighted by atomic mass is 9.99. The number of hydrogen-bond acceptors (Lipinski definition) is 6. The first-order valence-electron chi connectivity index (χ1n) is 9.24. The molecule has 1 aromatic rings. The van der Waals surface area contributed by atoms with Crippen LogP contribution in [0.3, 0.4) is 0 Å². The zero-order chi connectivity index (χ0) is 18.3. The number of sulfonamides is 1. The summed E-state index contributed by atoms with van der Waals surface area (Å²) >= 11 is 0. The van der Waals surface area contributed by atoms with Gasteiger partial charge in [-0.15, -0.1) is 0 Å². The Kier molecular flexibility index (Phi) is 3.40. The fourth-order valence-electron chi connectivity index (χ4n) is 4.64. The predicted molar refractivity (Wildman–Crippen MR) is 91.2 cm³/mol. The average Bonchev–Trinajstić information content (AvgIpc) is 3.20. The molecule has 3 saturated heterocycles. The zero-order valence-electron chi connectivity index (χ0n) is 14.9. The van der Waals surface area contributed by atoms with E-state index in [1.165, 1.54) is 4.31 Å². The van der Waals surface area contributed by atoms with Crippen molar-refractivity contribution in [3.63, 3.8) is 0 Å². The fraction of sp³-hybridized carbons (Fsp3) is 0.765. The summed E-state index contributed by atoms with van der Waals surface area (Å²) in [5.41, 5.74) is -0.521. The monoisotopic (exact) mass is 381 g/mol. The minimum atomic E-state index is -3.40. The minimum absolute atomic E-state index is 0.121. The first-order chi connectivity index (χ1) is 12.3. The van der Waals surface area contributed by atoms with Gasteiger partial charge in [0.25, 0.3) is 5.91 Å². The van der Waals surface area contributed by atoms with Crippen molar-refractivity contribution in [2.45, 2.75) is 62.0 Å². The van der Waals surface area contributed by atoms with E-state index < -0.39 is 20.9 Å². The standard InChI is InChI=1S/C17H23N3O5S/c1-10(2)20-9-17-8-19(7-12(24-17)5-15(17)26(20,22)23)16(21)13-6-14(25-18-13)11-3-4-11/h6,10-12,15H,3-5,7-9H2,1-2H3/t12-,15+,17?/m1/s1. The Morgan fingerprint density at radius 2 is 2.12 bits per heavy atom. The van der Waals surface area contributed by atoms with Crippen LogP contribution < -0.4 is 0 Å². The highest BCUT2D eigenvalue weighted by Gasteiger charge is 2.66. The molecule has 9 heteroatoms. The second-order valence-corrected chi connectivity index (χ2v) is 10.4. The Balaban J connectivity index is 1.41.